The highest BCUT2D eigenvalue weighted by Crippen LogP contribution is 2.30. The molecule has 1 heterocycles. The summed E-state index contributed by atoms with van der Waals surface area (Å²) < 4.78 is 3.95. The quantitative estimate of drug-likeness (QED) is 0.780. The SMILES string of the molecule is CC(Nc1ncns1)C1CCC1. The highest BCUT2D eigenvalue weighted by Gasteiger charge is 2.23. The molecule has 1 N–H and O–H groups in total. The van der Waals surface area contributed by atoms with E-state index in [1.165, 1.54) is 30.8 Å². The Morgan fingerprint density at radius 1 is 1.67 bits per heavy atom. The van der Waals surface area contributed by atoms with Gasteiger partial charge in [-0.2, -0.15) is 4.37 Å². The van der Waals surface area contributed by atoms with Crippen LogP contribution >= 0.6 is 11.5 Å². The van der Waals surface area contributed by atoms with Crippen LogP contribution in [0.15, 0.2) is 6.33 Å². The van der Waals surface area contributed by atoms with E-state index in [1.807, 2.05) is 0 Å². The van der Waals surface area contributed by atoms with Crippen LogP contribution < -0.4 is 5.32 Å². The molecule has 1 saturated carbocycles. The molecule has 1 atom stereocenters. The molecule has 1 aliphatic rings. The van der Waals surface area contributed by atoms with Gasteiger partial charge in [-0.1, -0.05) is 6.42 Å². The lowest BCUT2D eigenvalue weighted by molar-refractivity contribution is 0.285. The van der Waals surface area contributed by atoms with Crippen LogP contribution in [0.3, 0.4) is 0 Å². The number of rotatable bonds is 3. The van der Waals surface area contributed by atoms with Gasteiger partial charge in [-0.3, -0.25) is 0 Å². The second kappa shape index (κ2) is 3.39. The number of nitrogens with zero attached hydrogens (tertiary/aromatic N) is 2. The van der Waals surface area contributed by atoms with Gasteiger partial charge in [0.15, 0.2) is 0 Å². The van der Waals surface area contributed by atoms with Crippen LogP contribution in [0.4, 0.5) is 5.13 Å². The summed E-state index contributed by atoms with van der Waals surface area (Å²) in [6.45, 7) is 2.23. The van der Waals surface area contributed by atoms with Gasteiger partial charge in [0, 0.05) is 17.6 Å². The summed E-state index contributed by atoms with van der Waals surface area (Å²) >= 11 is 1.43. The third kappa shape index (κ3) is 1.58. The lowest BCUT2D eigenvalue weighted by Gasteiger charge is -2.31. The minimum absolute atomic E-state index is 0.562. The predicted molar refractivity (Wildman–Crippen MR) is 50.3 cm³/mol. The molecule has 1 aromatic heterocycles. The van der Waals surface area contributed by atoms with Gasteiger partial charge in [0.05, 0.1) is 0 Å². The largest absolute Gasteiger partial charge is 0.358 e. The maximum Gasteiger partial charge on any atom is 0.202 e. The van der Waals surface area contributed by atoms with E-state index in [0.717, 1.165) is 11.0 Å². The average Bonchev–Trinajstić information content (AvgIpc) is 2.34. The molecule has 0 radical (unpaired) electrons. The zero-order chi connectivity index (χ0) is 8.39. The van der Waals surface area contributed by atoms with E-state index in [-0.39, 0.29) is 0 Å². The summed E-state index contributed by atoms with van der Waals surface area (Å²) in [7, 11) is 0. The smallest absolute Gasteiger partial charge is 0.202 e. The highest BCUT2D eigenvalue weighted by molar-refractivity contribution is 7.09. The van der Waals surface area contributed by atoms with Crippen molar-refractivity contribution in [2.45, 2.75) is 32.2 Å². The Kier molecular flexibility index (Phi) is 2.26. The van der Waals surface area contributed by atoms with Crippen molar-refractivity contribution in [2.24, 2.45) is 5.92 Å². The Labute approximate surface area is 76.4 Å². The predicted octanol–water partition coefficient (Wildman–Crippen LogP) is 2.14. The summed E-state index contributed by atoms with van der Waals surface area (Å²) in [5.41, 5.74) is 0. The van der Waals surface area contributed by atoms with Crippen molar-refractivity contribution in [1.29, 1.82) is 0 Å². The van der Waals surface area contributed by atoms with Crippen molar-refractivity contribution in [3.05, 3.63) is 6.33 Å². The first-order valence-electron chi connectivity index (χ1n) is 4.39. The van der Waals surface area contributed by atoms with E-state index in [4.69, 9.17) is 0 Å². The third-order valence-corrected chi connectivity index (χ3v) is 3.17. The monoisotopic (exact) mass is 183 g/mol. The molecule has 0 amide bonds. The molecule has 66 valence electrons. The average molecular weight is 183 g/mol. The molecular formula is C8H13N3S. The minimum atomic E-state index is 0.562. The highest BCUT2D eigenvalue weighted by atomic mass is 32.1. The Balaban J connectivity index is 1.86. The maximum atomic E-state index is 4.09. The normalized spacial score (nSPS) is 20.1. The summed E-state index contributed by atoms with van der Waals surface area (Å²) in [5, 5.41) is 4.32. The van der Waals surface area contributed by atoms with E-state index < -0.39 is 0 Å². The Bertz CT molecular complexity index is 230. The standard InChI is InChI=1S/C8H13N3S/c1-6(7-3-2-4-7)11-8-9-5-10-12-8/h5-7H,2-4H2,1H3,(H,9,10,11). The first kappa shape index (κ1) is 7.98. The molecule has 3 nitrogen and oxygen atoms in total. The molecular weight excluding hydrogens is 170 g/mol. The van der Waals surface area contributed by atoms with Gasteiger partial charge in [-0.25, -0.2) is 4.98 Å². The van der Waals surface area contributed by atoms with Crippen LogP contribution in [0.5, 0.6) is 0 Å². The van der Waals surface area contributed by atoms with Crippen molar-refractivity contribution in [3.8, 4) is 0 Å². The van der Waals surface area contributed by atoms with Crippen molar-refractivity contribution in [3.63, 3.8) is 0 Å². The fourth-order valence-corrected chi connectivity index (χ4v) is 2.02. The molecule has 0 spiro atoms. The van der Waals surface area contributed by atoms with Crippen LogP contribution in [0.1, 0.15) is 26.2 Å². The second-order valence-corrected chi connectivity index (χ2v) is 4.15. The lowest BCUT2D eigenvalue weighted by atomic mass is 9.80. The van der Waals surface area contributed by atoms with E-state index in [2.05, 4.69) is 21.6 Å². The van der Waals surface area contributed by atoms with Gasteiger partial charge in [0.25, 0.3) is 0 Å². The summed E-state index contributed by atoms with van der Waals surface area (Å²) in [5.74, 6) is 0.855. The van der Waals surface area contributed by atoms with Crippen LogP contribution in [0.25, 0.3) is 0 Å². The lowest BCUT2D eigenvalue weighted by Crippen LogP contribution is -2.30. The first-order valence-corrected chi connectivity index (χ1v) is 5.17. The fourth-order valence-electron chi connectivity index (χ4n) is 1.49. The number of nitrogens with one attached hydrogen (secondary N) is 1. The summed E-state index contributed by atoms with van der Waals surface area (Å²) in [6, 6.07) is 0.562. The van der Waals surface area contributed by atoms with Crippen LogP contribution in [-0.2, 0) is 0 Å². The van der Waals surface area contributed by atoms with Gasteiger partial charge in [-0.15, -0.1) is 0 Å². The van der Waals surface area contributed by atoms with E-state index in [1.54, 1.807) is 6.33 Å². The molecule has 12 heavy (non-hydrogen) atoms. The summed E-state index contributed by atoms with van der Waals surface area (Å²) in [4.78, 5) is 4.09. The molecule has 1 aliphatic carbocycles. The van der Waals surface area contributed by atoms with Gasteiger partial charge < -0.3 is 5.32 Å². The molecule has 1 unspecified atom stereocenters. The van der Waals surface area contributed by atoms with Crippen LogP contribution in [-0.4, -0.2) is 15.4 Å². The van der Waals surface area contributed by atoms with Gasteiger partial charge in [0.2, 0.25) is 5.13 Å². The molecule has 1 aromatic rings. The second-order valence-electron chi connectivity index (χ2n) is 3.37. The number of anilines is 1. The molecule has 0 saturated heterocycles. The van der Waals surface area contributed by atoms with Crippen molar-refractivity contribution in [2.75, 3.05) is 5.32 Å². The van der Waals surface area contributed by atoms with Crippen molar-refractivity contribution >= 4 is 16.7 Å². The maximum absolute atomic E-state index is 4.09. The zero-order valence-electron chi connectivity index (χ0n) is 7.16. The molecule has 1 fully saturated rings. The Morgan fingerprint density at radius 2 is 2.50 bits per heavy atom. The van der Waals surface area contributed by atoms with E-state index >= 15 is 0 Å². The van der Waals surface area contributed by atoms with Gasteiger partial charge >= 0.3 is 0 Å². The van der Waals surface area contributed by atoms with Crippen LogP contribution in [0, 0.1) is 5.92 Å². The topological polar surface area (TPSA) is 37.8 Å². The van der Waals surface area contributed by atoms with E-state index in [9.17, 15) is 0 Å². The zero-order valence-corrected chi connectivity index (χ0v) is 7.97. The van der Waals surface area contributed by atoms with Gasteiger partial charge in [0.1, 0.15) is 6.33 Å². The number of hydrogen-bond acceptors (Lipinski definition) is 4. The molecule has 0 aliphatic heterocycles. The molecule has 0 aromatic carbocycles. The Hall–Kier alpha value is -0.640. The molecule has 2 rings (SSSR count). The fraction of sp³-hybridized carbons (Fsp3) is 0.750. The minimum Gasteiger partial charge on any atom is -0.358 e. The molecule has 4 heteroatoms. The van der Waals surface area contributed by atoms with Crippen LogP contribution in [0.2, 0.25) is 0 Å². The third-order valence-electron chi connectivity index (χ3n) is 2.57. The molecule has 0 bridgehead atoms. The summed E-state index contributed by atoms with van der Waals surface area (Å²) in [6.07, 6.45) is 5.73. The van der Waals surface area contributed by atoms with E-state index in [0.29, 0.717) is 6.04 Å². The van der Waals surface area contributed by atoms with Crippen molar-refractivity contribution in [1.82, 2.24) is 9.36 Å². The Morgan fingerprint density at radius 3 is 3.00 bits per heavy atom. The first-order chi connectivity index (χ1) is 5.86. The number of aromatic nitrogens is 2. The van der Waals surface area contributed by atoms with Gasteiger partial charge in [-0.05, 0) is 25.7 Å². The van der Waals surface area contributed by atoms with Crippen molar-refractivity contribution < 1.29 is 0 Å². The number of hydrogen-bond donors (Lipinski definition) is 1.